The highest BCUT2D eigenvalue weighted by Gasteiger charge is 2.25. The molecular formula is C12H16BrN. The van der Waals surface area contributed by atoms with Crippen molar-refractivity contribution in [3.05, 3.63) is 35.9 Å². The Morgan fingerprint density at radius 3 is 2.57 bits per heavy atom. The maximum atomic E-state index is 3.49. The minimum Gasteiger partial charge on any atom is -0.298 e. The van der Waals surface area contributed by atoms with Crippen molar-refractivity contribution in [2.75, 3.05) is 18.4 Å². The van der Waals surface area contributed by atoms with Gasteiger partial charge in [-0.3, -0.25) is 4.90 Å². The molecule has 0 aliphatic carbocycles. The summed E-state index contributed by atoms with van der Waals surface area (Å²) >= 11 is 3.49. The molecule has 0 bridgehead atoms. The maximum absolute atomic E-state index is 3.49. The summed E-state index contributed by atoms with van der Waals surface area (Å²) in [6, 6.07) is 10.7. The van der Waals surface area contributed by atoms with E-state index in [0.29, 0.717) is 0 Å². The molecule has 0 amide bonds. The van der Waals surface area contributed by atoms with E-state index < -0.39 is 0 Å². The number of hydrogen-bond donors (Lipinski definition) is 0. The summed E-state index contributed by atoms with van der Waals surface area (Å²) in [5.41, 5.74) is 1.43. The fraction of sp³-hybridized carbons (Fsp3) is 0.500. The predicted molar refractivity (Wildman–Crippen MR) is 63.6 cm³/mol. The lowest BCUT2D eigenvalue weighted by molar-refractivity contribution is 0.0909. The van der Waals surface area contributed by atoms with Gasteiger partial charge in [0.2, 0.25) is 0 Å². The normalized spacial score (nSPS) is 18.1. The molecule has 0 spiro atoms. The fourth-order valence-corrected chi connectivity index (χ4v) is 2.63. The Morgan fingerprint density at radius 2 is 1.93 bits per heavy atom. The van der Waals surface area contributed by atoms with Gasteiger partial charge < -0.3 is 0 Å². The molecule has 2 heteroatoms. The van der Waals surface area contributed by atoms with E-state index >= 15 is 0 Å². The Bertz CT molecular complexity index is 267. The van der Waals surface area contributed by atoms with Gasteiger partial charge in [-0.1, -0.05) is 46.3 Å². The molecular weight excluding hydrogens is 238 g/mol. The predicted octanol–water partition coefficient (Wildman–Crippen LogP) is 2.90. The van der Waals surface area contributed by atoms with Gasteiger partial charge in [-0.05, 0) is 17.9 Å². The Balaban J connectivity index is 1.74. The van der Waals surface area contributed by atoms with Gasteiger partial charge in [0, 0.05) is 25.0 Å². The Hall–Kier alpha value is -0.340. The van der Waals surface area contributed by atoms with Crippen LogP contribution in [0.5, 0.6) is 0 Å². The number of likely N-dealkylation sites (tertiary alicyclic amines) is 1. The lowest BCUT2D eigenvalue weighted by Gasteiger charge is -2.39. The zero-order valence-corrected chi connectivity index (χ0v) is 9.91. The third kappa shape index (κ3) is 2.58. The third-order valence-electron chi connectivity index (χ3n) is 2.80. The number of benzene rings is 1. The van der Waals surface area contributed by atoms with Crippen LogP contribution in [-0.2, 0) is 6.54 Å². The SMILES string of the molecule is BrCCC1CN(Cc2ccccc2)C1. The molecule has 0 aromatic heterocycles. The molecule has 1 aromatic rings. The lowest BCUT2D eigenvalue weighted by Crippen LogP contribution is -2.45. The van der Waals surface area contributed by atoms with E-state index in [1.807, 2.05) is 0 Å². The van der Waals surface area contributed by atoms with Crippen LogP contribution in [0.3, 0.4) is 0 Å². The highest BCUT2D eigenvalue weighted by atomic mass is 79.9. The second kappa shape index (κ2) is 4.94. The summed E-state index contributed by atoms with van der Waals surface area (Å²) in [7, 11) is 0. The highest BCUT2D eigenvalue weighted by Crippen LogP contribution is 2.21. The summed E-state index contributed by atoms with van der Waals surface area (Å²) < 4.78 is 0. The number of alkyl halides is 1. The smallest absolute Gasteiger partial charge is 0.0233 e. The zero-order valence-electron chi connectivity index (χ0n) is 8.32. The molecule has 0 saturated carbocycles. The molecule has 0 atom stereocenters. The van der Waals surface area contributed by atoms with Crippen molar-refractivity contribution in [3.63, 3.8) is 0 Å². The molecule has 1 saturated heterocycles. The van der Waals surface area contributed by atoms with Crippen LogP contribution in [0.15, 0.2) is 30.3 Å². The molecule has 2 rings (SSSR count). The van der Waals surface area contributed by atoms with Gasteiger partial charge in [-0.2, -0.15) is 0 Å². The Morgan fingerprint density at radius 1 is 1.21 bits per heavy atom. The molecule has 1 aromatic carbocycles. The van der Waals surface area contributed by atoms with Gasteiger partial charge in [0.15, 0.2) is 0 Å². The first-order valence-electron chi connectivity index (χ1n) is 5.20. The van der Waals surface area contributed by atoms with E-state index in [1.165, 1.54) is 25.1 Å². The van der Waals surface area contributed by atoms with Crippen LogP contribution >= 0.6 is 15.9 Å². The second-order valence-corrected chi connectivity index (χ2v) is 4.82. The van der Waals surface area contributed by atoms with Gasteiger partial charge >= 0.3 is 0 Å². The molecule has 1 heterocycles. The summed E-state index contributed by atoms with van der Waals surface area (Å²) in [5, 5.41) is 1.15. The molecule has 0 unspecified atom stereocenters. The molecule has 1 fully saturated rings. The molecule has 76 valence electrons. The Labute approximate surface area is 94.2 Å². The first kappa shape index (κ1) is 10.2. The number of hydrogen-bond acceptors (Lipinski definition) is 1. The molecule has 1 aliphatic rings. The average Bonchev–Trinajstić information content (AvgIpc) is 2.16. The average molecular weight is 254 g/mol. The van der Waals surface area contributed by atoms with Gasteiger partial charge in [0.25, 0.3) is 0 Å². The van der Waals surface area contributed by atoms with Crippen LogP contribution in [0.4, 0.5) is 0 Å². The standard InChI is InChI=1S/C12H16BrN/c13-7-6-12-9-14(10-12)8-11-4-2-1-3-5-11/h1-5,12H,6-10H2. The monoisotopic (exact) mass is 253 g/mol. The van der Waals surface area contributed by atoms with Crippen LogP contribution in [0, 0.1) is 5.92 Å². The number of halogens is 1. The van der Waals surface area contributed by atoms with Crippen molar-refractivity contribution < 1.29 is 0 Å². The van der Waals surface area contributed by atoms with E-state index in [1.54, 1.807) is 0 Å². The molecule has 14 heavy (non-hydrogen) atoms. The van der Waals surface area contributed by atoms with Gasteiger partial charge in [0.1, 0.15) is 0 Å². The first-order chi connectivity index (χ1) is 6.88. The van der Waals surface area contributed by atoms with Gasteiger partial charge in [0.05, 0.1) is 0 Å². The van der Waals surface area contributed by atoms with Crippen LogP contribution in [0.2, 0.25) is 0 Å². The number of nitrogens with zero attached hydrogens (tertiary/aromatic N) is 1. The summed E-state index contributed by atoms with van der Waals surface area (Å²) in [6.45, 7) is 3.68. The van der Waals surface area contributed by atoms with E-state index in [2.05, 4.69) is 51.2 Å². The van der Waals surface area contributed by atoms with Crippen molar-refractivity contribution in [1.82, 2.24) is 4.90 Å². The fourth-order valence-electron chi connectivity index (χ4n) is 1.98. The van der Waals surface area contributed by atoms with Crippen molar-refractivity contribution in [3.8, 4) is 0 Å². The molecule has 0 N–H and O–H groups in total. The summed E-state index contributed by atoms with van der Waals surface area (Å²) in [6.07, 6.45) is 1.32. The largest absolute Gasteiger partial charge is 0.298 e. The van der Waals surface area contributed by atoms with E-state index in [4.69, 9.17) is 0 Å². The van der Waals surface area contributed by atoms with Crippen LogP contribution < -0.4 is 0 Å². The van der Waals surface area contributed by atoms with E-state index in [9.17, 15) is 0 Å². The summed E-state index contributed by atoms with van der Waals surface area (Å²) in [5.74, 6) is 0.929. The molecule has 1 nitrogen and oxygen atoms in total. The van der Waals surface area contributed by atoms with Crippen molar-refractivity contribution in [2.45, 2.75) is 13.0 Å². The highest BCUT2D eigenvalue weighted by molar-refractivity contribution is 9.09. The maximum Gasteiger partial charge on any atom is 0.0233 e. The second-order valence-electron chi connectivity index (χ2n) is 4.02. The van der Waals surface area contributed by atoms with E-state index in [-0.39, 0.29) is 0 Å². The topological polar surface area (TPSA) is 3.24 Å². The van der Waals surface area contributed by atoms with E-state index in [0.717, 1.165) is 17.8 Å². The van der Waals surface area contributed by atoms with Gasteiger partial charge in [-0.25, -0.2) is 0 Å². The van der Waals surface area contributed by atoms with Crippen LogP contribution in [0.1, 0.15) is 12.0 Å². The zero-order chi connectivity index (χ0) is 9.80. The van der Waals surface area contributed by atoms with Crippen molar-refractivity contribution >= 4 is 15.9 Å². The van der Waals surface area contributed by atoms with Crippen molar-refractivity contribution in [1.29, 1.82) is 0 Å². The number of rotatable bonds is 4. The minimum absolute atomic E-state index is 0.929. The molecule has 0 radical (unpaired) electrons. The summed E-state index contributed by atoms with van der Waals surface area (Å²) in [4.78, 5) is 2.52. The van der Waals surface area contributed by atoms with Crippen LogP contribution in [0.25, 0.3) is 0 Å². The Kier molecular flexibility index (Phi) is 3.60. The quantitative estimate of drug-likeness (QED) is 0.747. The molecule has 1 aliphatic heterocycles. The van der Waals surface area contributed by atoms with Crippen molar-refractivity contribution in [2.24, 2.45) is 5.92 Å². The lowest BCUT2D eigenvalue weighted by atomic mass is 9.97. The van der Waals surface area contributed by atoms with Crippen LogP contribution in [-0.4, -0.2) is 23.3 Å². The third-order valence-corrected chi connectivity index (χ3v) is 3.26. The first-order valence-corrected chi connectivity index (χ1v) is 6.33. The minimum atomic E-state index is 0.929. The van der Waals surface area contributed by atoms with Gasteiger partial charge in [-0.15, -0.1) is 0 Å².